The number of nitrogens with zero attached hydrogens (tertiary/aromatic N) is 1. The molecule has 2 aliphatic rings. The summed E-state index contributed by atoms with van der Waals surface area (Å²) in [4.78, 5) is 14.9. The lowest BCUT2D eigenvalue weighted by Crippen LogP contribution is -2.54. The standard InChI is InChI=1S/C26H41F2N3O5/c1-18(2)15-20(16-29-3)30-24(32)31-13-8-9-19(17-31)25(33,12-5-6-14-34-4)21-10-7-11-22-23(21)36-26(27,28)35-22/h7,10-11,18-20,29,33H,5-6,8-9,12-17H2,1-4H3,(H,30,32). The Kier molecular flexibility index (Phi) is 9.77. The maximum absolute atomic E-state index is 13.9. The summed E-state index contributed by atoms with van der Waals surface area (Å²) in [5.41, 5.74) is -1.21. The zero-order valence-corrected chi connectivity index (χ0v) is 21.8. The molecule has 0 spiro atoms. The molecule has 3 unspecified atom stereocenters. The smallest absolute Gasteiger partial charge is 0.395 e. The number of halogens is 2. The van der Waals surface area contributed by atoms with Crippen molar-refractivity contribution in [1.82, 2.24) is 15.5 Å². The third-order valence-electron chi connectivity index (χ3n) is 6.97. The van der Waals surface area contributed by atoms with Crippen LogP contribution >= 0.6 is 0 Å². The summed E-state index contributed by atoms with van der Waals surface area (Å²) in [6, 6.07) is 4.42. The number of unbranched alkanes of at least 4 members (excludes halogenated alkanes) is 1. The number of likely N-dealkylation sites (N-methyl/N-ethyl adjacent to an activating group) is 1. The van der Waals surface area contributed by atoms with Crippen molar-refractivity contribution >= 4 is 6.03 Å². The molecule has 2 amide bonds. The third-order valence-corrected chi connectivity index (χ3v) is 6.97. The van der Waals surface area contributed by atoms with E-state index in [1.165, 1.54) is 6.07 Å². The van der Waals surface area contributed by atoms with Gasteiger partial charge in [0.05, 0.1) is 5.60 Å². The summed E-state index contributed by atoms with van der Waals surface area (Å²) in [6.07, 6.45) is 0.0459. The zero-order valence-electron chi connectivity index (χ0n) is 21.8. The van der Waals surface area contributed by atoms with Gasteiger partial charge in [0.1, 0.15) is 0 Å². The van der Waals surface area contributed by atoms with Gasteiger partial charge in [0.2, 0.25) is 0 Å². The Morgan fingerprint density at radius 2 is 2.11 bits per heavy atom. The Bertz CT molecular complexity index is 872. The molecule has 3 rings (SSSR count). The summed E-state index contributed by atoms with van der Waals surface area (Å²) in [5.74, 6) is -0.168. The van der Waals surface area contributed by atoms with Crippen molar-refractivity contribution in [3.05, 3.63) is 23.8 Å². The lowest BCUT2D eigenvalue weighted by molar-refractivity contribution is -0.287. The second kappa shape index (κ2) is 12.4. The van der Waals surface area contributed by atoms with E-state index in [2.05, 4.69) is 29.2 Å². The average molecular weight is 514 g/mol. The van der Waals surface area contributed by atoms with Crippen LogP contribution in [-0.4, -0.2) is 68.8 Å². The van der Waals surface area contributed by atoms with E-state index >= 15 is 0 Å². The van der Waals surface area contributed by atoms with E-state index in [1.807, 2.05) is 7.05 Å². The predicted octanol–water partition coefficient (Wildman–Crippen LogP) is 4.07. The minimum Gasteiger partial charge on any atom is -0.395 e. The Balaban J connectivity index is 1.83. The first kappa shape index (κ1) is 28.4. The van der Waals surface area contributed by atoms with Gasteiger partial charge in [0, 0.05) is 50.9 Å². The second-order valence-corrected chi connectivity index (χ2v) is 10.3. The molecule has 0 saturated carbocycles. The molecule has 0 radical (unpaired) electrons. The van der Waals surface area contributed by atoms with Crippen LogP contribution in [0.1, 0.15) is 57.9 Å². The molecular weight excluding hydrogens is 472 g/mol. The maximum Gasteiger partial charge on any atom is 0.586 e. The molecule has 36 heavy (non-hydrogen) atoms. The number of piperidine rings is 1. The van der Waals surface area contributed by atoms with Crippen LogP contribution in [0.25, 0.3) is 0 Å². The number of hydrogen-bond acceptors (Lipinski definition) is 6. The first-order valence-corrected chi connectivity index (χ1v) is 12.9. The highest BCUT2D eigenvalue weighted by molar-refractivity contribution is 5.74. The molecule has 204 valence electrons. The molecular formula is C26H41F2N3O5. The number of carbonyl (C=O) groups excluding carboxylic acids is 1. The molecule has 1 aromatic carbocycles. The minimum absolute atomic E-state index is 0.0130. The van der Waals surface area contributed by atoms with Crippen molar-refractivity contribution < 1.29 is 32.9 Å². The van der Waals surface area contributed by atoms with Gasteiger partial charge in [-0.3, -0.25) is 0 Å². The van der Waals surface area contributed by atoms with Crippen LogP contribution in [0.5, 0.6) is 11.5 Å². The largest absolute Gasteiger partial charge is 0.586 e. The number of ether oxygens (including phenoxy) is 3. The predicted molar refractivity (Wildman–Crippen MR) is 132 cm³/mol. The van der Waals surface area contributed by atoms with Gasteiger partial charge < -0.3 is 34.9 Å². The Morgan fingerprint density at radius 3 is 2.81 bits per heavy atom. The van der Waals surface area contributed by atoms with Gasteiger partial charge in [-0.15, -0.1) is 8.78 Å². The van der Waals surface area contributed by atoms with Crippen molar-refractivity contribution in [1.29, 1.82) is 0 Å². The molecule has 2 aliphatic heterocycles. The van der Waals surface area contributed by atoms with Gasteiger partial charge in [-0.1, -0.05) is 26.0 Å². The fourth-order valence-corrected chi connectivity index (χ4v) is 5.34. The number of hydrogen-bond donors (Lipinski definition) is 3. The number of methoxy groups -OCH3 is 1. The first-order valence-electron chi connectivity index (χ1n) is 12.9. The number of para-hydroxylation sites is 1. The van der Waals surface area contributed by atoms with Gasteiger partial charge in [0.15, 0.2) is 11.5 Å². The molecule has 1 saturated heterocycles. The van der Waals surface area contributed by atoms with Crippen molar-refractivity contribution in [3.8, 4) is 11.5 Å². The number of alkyl halides is 2. The molecule has 1 aromatic rings. The summed E-state index contributed by atoms with van der Waals surface area (Å²) in [7, 11) is 3.47. The van der Waals surface area contributed by atoms with Crippen molar-refractivity contribution in [2.24, 2.45) is 11.8 Å². The highest BCUT2D eigenvalue weighted by atomic mass is 19.3. The number of nitrogens with one attached hydrogen (secondary N) is 2. The fourth-order valence-electron chi connectivity index (χ4n) is 5.34. The van der Waals surface area contributed by atoms with Crippen LogP contribution in [0, 0.1) is 11.8 Å². The topological polar surface area (TPSA) is 92.3 Å². The molecule has 0 bridgehead atoms. The number of benzene rings is 1. The summed E-state index contributed by atoms with van der Waals surface area (Å²) in [6.45, 7) is 6.29. The van der Waals surface area contributed by atoms with Gasteiger partial charge in [-0.2, -0.15) is 0 Å². The Labute approximate surface area is 212 Å². The minimum atomic E-state index is -3.79. The SMILES string of the molecule is CNCC(CC(C)C)NC(=O)N1CCCC(C(O)(CCCCOC)c2cccc3c2OC(F)(F)O3)C1. The number of fused-ring (bicyclic) bond motifs is 1. The average Bonchev–Trinajstić information content (AvgIpc) is 3.15. The summed E-state index contributed by atoms with van der Waals surface area (Å²) in [5, 5.41) is 18.4. The van der Waals surface area contributed by atoms with E-state index < -0.39 is 11.9 Å². The van der Waals surface area contributed by atoms with Gasteiger partial charge in [-0.05, 0) is 57.6 Å². The van der Waals surface area contributed by atoms with Crippen LogP contribution in [0.4, 0.5) is 13.6 Å². The summed E-state index contributed by atoms with van der Waals surface area (Å²) >= 11 is 0. The van der Waals surface area contributed by atoms with Crippen LogP contribution in [0.15, 0.2) is 18.2 Å². The maximum atomic E-state index is 13.9. The zero-order chi connectivity index (χ0) is 26.3. The number of urea groups is 1. The van der Waals surface area contributed by atoms with E-state index in [9.17, 15) is 18.7 Å². The van der Waals surface area contributed by atoms with Gasteiger partial charge in [0.25, 0.3) is 0 Å². The Hall–Kier alpha value is -2.17. The van der Waals surface area contributed by atoms with Crippen molar-refractivity contribution in [3.63, 3.8) is 0 Å². The van der Waals surface area contributed by atoms with E-state index in [-0.39, 0.29) is 35.1 Å². The Morgan fingerprint density at radius 1 is 1.33 bits per heavy atom. The number of amides is 2. The third kappa shape index (κ3) is 6.98. The normalized spacial score (nSPS) is 21.3. The van der Waals surface area contributed by atoms with Gasteiger partial charge in [-0.25, -0.2) is 4.79 Å². The molecule has 8 nitrogen and oxygen atoms in total. The number of aliphatic hydroxyl groups is 1. The molecule has 0 aliphatic carbocycles. The second-order valence-electron chi connectivity index (χ2n) is 10.3. The molecule has 3 atom stereocenters. The van der Waals surface area contributed by atoms with Crippen LogP contribution in [0.3, 0.4) is 0 Å². The quantitative estimate of drug-likeness (QED) is 0.365. The molecule has 3 N–H and O–H groups in total. The summed E-state index contributed by atoms with van der Waals surface area (Å²) < 4.78 is 42.5. The highest BCUT2D eigenvalue weighted by Gasteiger charge is 2.49. The van der Waals surface area contributed by atoms with Crippen molar-refractivity contribution in [2.75, 3.05) is 40.4 Å². The lowest BCUT2D eigenvalue weighted by atomic mass is 9.73. The van der Waals surface area contributed by atoms with Gasteiger partial charge >= 0.3 is 12.3 Å². The lowest BCUT2D eigenvalue weighted by Gasteiger charge is -2.43. The number of rotatable bonds is 12. The highest BCUT2D eigenvalue weighted by Crippen LogP contribution is 2.50. The monoisotopic (exact) mass is 513 g/mol. The van der Waals surface area contributed by atoms with Crippen molar-refractivity contribution in [2.45, 2.75) is 70.3 Å². The number of carbonyl (C=O) groups is 1. The van der Waals surface area contributed by atoms with E-state index in [1.54, 1.807) is 24.1 Å². The van der Waals surface area contributed by atoms with Crippen LogP contribution < -0.4 is 20.1 Å². The fraction of sp³-hybridized carbons (Fsp3) is 0.731. The van der Waals surface area contributed by atoms with Crippen LogP contribution in [-0.2, 0) is 10.3 Å². The number of likely N-dealkylation sites (tertiary alicyclic amines) is 1. The first-order chi connectivity index (χ1) is 17.1. The molecule has 1 fully saturated rings. The van der Waals surface area contributed by atoms with E-state index in [0.717, 1.165) is 6.42 Å². The van der Waals surface area contributed by atoms with E-state index in [0.29, 0.717) is 64.3 Å². The van der Waals surface area contributed by atoms with E-state index in [4.69, 9.17) is 9.47 Å². The molecule has 2 heterocycles. The molecule has 0 aromatic heterocycles. The molecule has 10 heteroatoms. The van der Waals surface area contributed by atoms with Crippen LogP contribution in [0.2, 0.25) is 0 Å².